The average molecular weight is 293 g/mol. The summed E-state index contributed by atoms with van der Waals surface area (Å²) in [5.74, 6) is 0.536. The first-order chi connectivity index (χ1) is 9.32. The zero-order valence-corrected chi connectivity index (χ0v) is 12.2. The molecule has 0 fully saturated rings. The van der Waals surface area contributed by atoms with Gasteiger partial charge in [0.1, 0.15) is 5.75 Å². The minimum atomic E-state index is -3.28. The molecule has 1 aromatic heterocycles. The van der Waals surface area contributed by atoms with Crippen molar-refractivity contribution in [2.75, 3.05) is 11.0 Å². The van der Waals surface area contributed by atoms with Gasteiger partial charge in [0.15, 0.2) is 0 Å². The van der Waals surface area contributed by atoms with Gasteiger partial charge >= 0.3 is 6.01 Å². The minimum Gasteiger partial charge on any atom is -0.424 e. The summed E-state index contributed by atoms with van der Waals surface area (Å²) >= 11 is 0. The molecule has 1 heterocycles. The van der Waals surface area contributed by atoms with Crippen molar-refractivity contribution >= 4 is 15.7 Å². The van der Waals surface area contributed by atoms with Crippen molar-refractivity contribution in [3.8, 4) is 11.8 Å². The molecule has 0 atom stereocenters. The Balaban J connectivity index is 2.14. The molecular weight excluding hydrogens is 278 g/mol. The van der Waals surface area contributed by atoms with Crippen LogP contribution in [0, 0.1) is 13.8 Å². The lowest BCUT2D eigenvalue weighted by molar-refractivity contribution is 0.439. The van der Waals surface area contributed by atoms with E-state index in [2.05, 4.69) is 14.7 Å². The monoisotopic (exact) mass is 293 g/mol. The standard InChI is InChI=1S/C13H15N3O3S/c1-9-8-10(2)15-13(14-9)19-12-6-4-11(5-7-12)16-20(3,17)18/h4-8,16H,1-3H3. The Morgan fingerprint density at radius 3 is 2.10 bits per heavy atom. The van der Waals surface area contributed by atoms with Crippen LogP contribution in [-0.4, -0.2) is 24.6 Å². The van der Waals surface area contributed by atoms with E-state index >= 15 is 0 Å². The Bertz CT molecular complexity index is 692. The van der Waals surface area contributed by atoms with Gasteiger partial charge in [0.05, 0.1) is 6.26 Å². The fourth-order valence-electron chi connectivity index (χ4n) is 1.65. The van der Waals surface area contributed by atoms with E-state index in [9.17, 15) is 8.42 Å². The maximum Gasteiger partial charge on any atom is 0.322 e. The lowest BCUT2D eigenvalue weighted by Crippen LogP contribution is -2.09. The summed E-state index contributed by atoms with van der Waals surface area (Å²) in [7, 11) is -3.28. The molecule has 2 aromatic rings. The smallest absolute Gasteiger partial charge is 0.322 e. The first kappa shape index (κ1) is 14.3. The summed E-state index contributed by atoms with van der Waals surface area (Å²) < 4.78 is 30.1. The highest BCUT2D eigenvalue weighted by atomic mass is 32.2. The van der Waals surface area contributed by atoms with E-state index in [0.29, 0.717) is 11.4 Å². The van der Waals surface area contributed by atoms with Crippen LogP contribution in [0.25, 0.3) is 0 Å². The number of anilines is 1. The molecule has 0 aliphatic carbocycles. The molecule has 0 radical (unpaired) electrons. The fourth-order valence-corrected chi connectivity index (χ4v) is 2.21. The SMILES string of the molecule is Cc1cc(C)nc(Oc2ccc(NS(C)(=O)=O)cc2)n1. The molecule has 106 valence electrons. The number of nitrogens with zero attached hydrogens (tertiary/aromatic N) is 2. The van der Waals surface area contributed by atoms with Crippen molar-refractivity contribution in [1.82, 2.24) is 9.97 Å². The van der Waals surface area contributed by atoms with Crippen LogP contribution in [0.1, 0.15) is 11.4 Å². The molecule has 0 bridgehead atoms. The van der Waals surface area contributed by atoms with Gasteiger partial charge in [0.25, 0.3) is 0 Å². The van der Waals surface area contributed by atoms with E-state index in [4.69, 9.17) is 4.74 Å². The number of sulfonamides is 1. The van der Waals surface area contributed by atoms with Crippen LogP contribution >= 0.6 is 0 Å². The summed E-state index contributed by atoms with van der Waals surface area (Å²) in [6.07, 6.45) is 1.10. The molecule has 2 rings (SSSR count). The summed E-state index contributed by atoms with van der Waals surface area (Å²) in [5.41, 5.74) is 2.12. The van der Waals surface area contributed by atoms with Gasteiger partial charge in [-0.2, -0.15) is 0 Å². The number of rotatable bonds is 4. The van der Waals surface area contributed by atoms with E-state index in [-0.39, 0.29) is 6.01 Å². The minimum absolute atomic E-state index is 0.270. The number of benzene rings is 1. The molecule has 0 aliphatic heterocycles. The summed E-state index contributed by atoms with van der Waals surface area (Å²) in [6.45, 7) is 3.72. The molecule has 6 nitrogen and oxygen atoms in total. The van der Waals surface area contributed by atoms with Gasteiger partial charge < -0.3 is 4.74 Å². The van der Waals surface area contributed by atoms with Crippen molar-refractivity contribution in [3.63, 3.8) is 0 Å². The van der Waals surface area contributed by atoms with Gasteiger partial charge in [-0.25, -0.2) is 18.4 Å². The molecule has 0 saturated carbocycles. The summed E-state index contributed by atoms with van der Waals surface area (Å²) in [4.78, 5) is 8.33. The zero-order valence-electron chi connectivity index (χ0n) is 11.4. The van der Waals surface area contributed by atoms with Gasteiger partial charge in [-0.05, 0) is 44.2 Å². The molecule has 20 heavy (non-hydrogen) atoms. The third-order valence-electron chi connectivity index (χ3n) is 2.33. The third-order valence-corrected chi connectivity index (χ3v) is 2.93. The molecule has 0 unspecified atom stereocenters. The van der Waals surface area contributed by atoms with Gasteiger partial charge in [-0.3, -0.25) is 4.72 Å². The van der Waals surface area contributed by atoms with Crippen molar-refractivity contribution in [2.45, 2.75) is 13.8 Å². The zero-order chi connectivity index (χ0) is 14.8. The number of aromatic nitrogens is 2. The number of ether oxygens (including phenoxy) is 1. The highest BCUT2D eigenvalue weighted by Crippen LogP contribution is 2.21. The Hall–Kier alpha value is -2.15. The Labute approximate surface area is 117 Å². The van der Waals surface area contributed by atoms with Crippen LogP contribution < -0.4 is 9.46 Å². The van der Waals surface area contributed by atoms with E-state index in [1.165, 1.54) is 0 Å². The van der Waals surface area contributed by atoms with Crippen LogP contribution in [0.15, 0.2) is 30.3 Å². The normalized spacial score (nSPS) is 11.2. The Morgan fingerprint density at radius 2 is 1.60 bits per heavy atom. The van der Waals surface area contributed by atoms with Crippen molar-refractivity contribution in [2.24, 2.45) is 0 Å². The molecule has 7 heteroatoms. The molecular formula is C13H15N3O3S. The lowest BCUT2D eigenvalue weighted by atomic mass is 10.3. The van der Waals surface area contributed by atoms with Crippen LogP contribution in [0.4, 0.5) is 5.69 Å². The second kappa shape index (κ2) is 5.46. The highest BCUT2D eigenvalue weighted by Gasteiger charge is 2.04. The van der Waals surface area contributed by atoms with Gasteiger partial charge in [-0.15, -0.1) is 0 Å². The van der Waals surface area contributed by atoms with Crippen LogP contribution in [0.5, 0.6) is 11.8 Å². The maximum absolute atomic E-state index is 11.1. The number of hydrogen-bond donors (Lipinski definition) is 1. The van der Waals surface area contributed by atoms with E-state index in [0.717, 1.165) is 17.6 Å². The van der Waals surface area contributed by atoms with Crippen LogP contribution in [-0.2, 0) is 10.0 Å². The topological polar surface area (TPSA) is 81.2 Å². The lowest BCUT2D eigenvalue weighted by Gasteiger charge is -2.07. The third kappa shape index (κ3) is 4.20. The second-order valence-corrected chi connectivity index (χ2v) is 6.18. The van der Waals surface area contributed by atoms with Crippen molar-refractivity contribution in [3.05, 3.63) is 41.7 Å². The van der Waals surface area contributed by atoms with Crippen LogP contribution in [0.2, 0.25) is 0 Å². The van der Waals surface area contributed by atoms with Gasteiger partial charge in [0, 0.05) is 17.1 Å². The first-order valence-electron chi connectivity index (χ1n) is 5.90. The van der Waals surface area contributed by atoms with Crippen molar-refractivity contribution in [1.29, 1.82) is 0 Å². The molecule has 0 amide bonds. The molecule has 0 aliphatic rings. The fraction of sp³-hybridized carbons (Fsp3) is 0.231. The molecule has 1 N–H and O–H groups in total. The summed E-state index contributed by atoms with van der Waals surface area (Å²) in [6, 6.07) is 8.64. The molecule has 0 saturated heterocycles. The highest BCUT2D eigenvalue weighted by molar-refractivity contribution is 7.92. The average Bonchev–Trinajstić information content (AvgIpc) is 2.28. The second-order valence-electron chi connectivity index (χ2n) is 4.43. The number of nitrogens with one attached hydrogen (secondary N) is 1. The number of aryl methyl sites for hydroxylation is 2. The van der Waals surface area contributed by atoms with E-state index < -0.39 is 10.0 Å². The van der Waals surface area contributed by atoms with Crippen molar-refractivity contribution < 1.29 is 13.2 Å². The summed E-state index contributed by atoms with van der Waals surface area (Å²) in [5, 5.41) is 0. The Kier molecular flexibility index (Phi) is 3.89. The predicted molar refractivity (Wildman–Crippen MR) is 76.5 cm³/mol. The first-order valence-corrected chi connectivity index (χ1v) is 7.79. The molecule has 0 spiro atoms. The van der Waals surface area contributed by atoms with E-state index in [1.807, 2.05) is 19.9 Å². The van der Waals surface area contributed by atoms with Gasteiger partial charge in [0.2, 0.25) is 10.0 Å². The van der Waals surface area contributed by atoms with Crippen LogP contribution in [0.3, 0.4) is 0 Å². The van der Waals surface area contributed by atoms with E-state index in [1.54, 1.807) is 24.3 Å². The quantitative estimate of drug-likeness (QED) is 0.935. The Morgan fingerprint density at radius 1 is 1.05 bits per heavy atom. The predicted octanol–water partition coefficient (Wildman–Crippen LogP) is 2.26. The largest absolute Gasteiger partial charge is 0.424 e. The number of hydrogen-bond acceptors (Lipinski definition) is 5. The van der Waals surface area contributed by atoms with Gasteiger partial charge in [-0.1, -0.05) is 0 Å². The maximum atomic E-state index is 11.1. The molecule has 1 aromatic carbocycles.